The highest BCUT2D eigenvalue weighted by molar-refractivity contribution is 5.98. The number of hydrogen-bond donors (Lipinski definition) is 2. The minimum Gasteiger partial charge on any atom is -0.399 e. The Kier molecular flexibility index (Phi) is 4.55. The molecule has 19 heavy (non-hydrogen) atoms. The molecule has 1 aromatic carbocycles. The minimum absolute atomic E-state index is 0.0239. The van der Waals surface area contributed by atoms with Crippen molar-refractivity contribution < 1.29 is 9.59 Å². The number of nitrogens with one attached hydrogen (secondary N) is 1. The standard InChI is InChI=1S/C15H20N2O2/c16-12-5-3-4-11(10-12)14(18)8-9-15(19)17-13-6-1-2-7-13/h3-5,10,13H,1-2,6-9,16H2,(H,17,19). The second-order valence-electron chi connectivity index (χ2n) is 5.10. The van der Waals surface area contributed by atoms with Crippen LogP contribution >= 0.6 is 0 Å². The predicted molar refractivity (Wildman–Crippen MR) is 74.8 cm³/mol. The van der Waals surface area contributed by atoms with Crippen LogP contribution in [0.5, 0.6) is 0 Å². The van der Waals surface area contributed by atoms with E-state index in [2.05, 4.69) is 5.32 Å². The molecule has 1 aliphatic carbocycles. The maximum atomic E-state index is 11.9. The number of anilines is 1. The average molecular weight is 260 g/mol. The Morgan fingerprint density at radius 3 is 2.63 bits per heavy atom. The summed E-state index contributed by atoms with van der Waals surface area (Å²) >= 11 is 0. The van der Waals surface area contributed by atoms with E-state index in [-0.39, 0.29) is 24.5 Å². The molecule has 2 rings (SSSR count). The highest BCUT2D eigenvalue weighted by Gasteiger charge is 2.17. The molecule has 102 valence electrons. The topological polar surface area (TPSA) is 72.2 Å². The third-order valence-electron chi connectivity index (χ3n) is 3.51. The van der Waals surface area contributed by atoms with Crippen LogP contribution in [0.1, 0.15) is 48.9 Å². The van der Waals surface area contributed by atoms with Crippen LogP contribution in [0.2, 0.25) is 0 Å². The summed E-state index contributed by atoms with van der Waals surface area (Å²) in [5.41, 5.74) is 6.78. The molecule has 3 N–H and O–H groups in total. The number of hydrogen-bond acceptors (Lipinski definition) is 3. The van der Waals surface area contributed by atoms with Crippen molar-refractivity contribution in [3.63, 3.8) is 0 Å². The molecule has 4 nitrogen and oxygen atoms in total. The van der Waals surface area contributed by atoms with Gasteiger partial charge in [0.15, 0.2) is 5.78 Å². The van der Waals surface area contributed by atoms with Crippen molar-refractivity contribution in [2.24, 2.45) is 0 Å². The van der Waals surface area contributed by atoms with Gasteiger partial charge in [0, 0.05) is 30.1 Å². The SMILES string of the molecule is Nc1cccc(C(=O)CCC(=O)NC2CCCC2)c1. The van der Waals surface area contributed by atoms with E-state index < -0.39 is 0 Å². The summed E-state index contributed by atoms with van der Waals surface area (Å²) < 4.78 is 0. The van der Waals surface area contributed by atoms with Crippen molar-refractivity contribution >= 4 is 17.4 Å². The van der Waals surface area contributed by atoms with Crippen LogP contribution in [0.4, 0.5) is 5.69 Å². The fourth-order valence-corrected chi connectivity index (χ4v) is 2.45. The molecule has 1 saturated carbocycles. The number of rotatable bonds is 5. The van der Waals surface area contributed by atoms with Crippen LogP contribution in [-0.4, -0.2) is 17.7 Å². The van der Waals surface area contributed by atoms with Gasteiger partial charge in [-0.1, -0.05) is 25.0 Å². The second kappa shape index (κ2) is 6.36. The molecule has 1 amide bonds. The molecule has 0 aromatic heterocycles. The summed E-state index contributed by atoms with van der Waals surface area (Å²) in [7, 11) is 0. The summed E-state index contributed by atoms with van der Waals surface area (Å²) in [6.07, 6.45) is 5.00. The molecule has 0 aliphatic heterocycles. The Morgan fingerprint density at radius 1 is 1.21 bits per heavy atom. The van der Waals surface area contributed by atoms with Gasteiger partial charge in [-0.2, -0.15) is 0 Å². The average Bonchev–Trinajstić information content (AvgIpc) is 2.88. The van der Waals surface area contributed by atoms with Crippen molar-refractivity contribution in [1.29, 1.82) is 0 Å². The Labute approximate surface area is 113 Å². The molecule has 0 heterocycles. The fraction of sp³-hybridized carbons (Fsp3) is 0.467. The van der Waals surface area contributed by atoms with Crippen molar-refractivity contribution in [2.45, 2.75) is 44.6 Å². The lowest BCUT2D eigenvalue weighted by Crippen LogP contribution is -2.32. The Balaban J connectivity index is 1.78. The van der Waals surface area contributed by atoms with Gasteiger partial charge in [-0.05, 0) is 25.0 Å². The summed E-state index contributed by atoms with van der Waals surface area (Å²) in [5, 5.41) is 2.98. The molecule has 0 spiro atoms. The molecule has 0 radical (unpaired) electrons. The number of carbonyl (C=O) groups excluding carboxylic acids is 2. The van der Waals surface area contributed by atoms with E-state index in [0.717, 1.165) is 12.8 Å². The summed E-state index contributed by atoms with van der Waals surface area (Å²) in [6, 6.07) is 7.19. The van der Waals surface area contributed by atoms with Crippen LogP contribution in [0.25, 0.3) is 0 Å². The smallest absolute Gasteiger partial charge is 0.220 e. The van der Waals surface area contributed by atoms with E-state index in [1.807, 2.05) is 0 Å². The summed E-state index contributed by atoms with van der Waals surface area (Å²) in [5.74, 6) is -0.0574. The number of benzene rings is 1. The zero-order valence-corrected chi connectivity index (χ0v) is 11.0. The van der Waals surface area contributed by atoms with Crippen LogP contribution in [0.3, 0.4) is 0 Å². The molecule has 0 saturated heterocycles. The molecule has 1 fully saturated rings. The number of nitrogen functional groups attached to an aromatic ring is 1. The fourth-order valence-electron chi connectivity index (χ4n) is 2.45. The van der Waals surface area contributed by atoms with Gasteiger partial charge in [0.05, 0.1) is 0 Å². The molecular weight excluding hydrogens is 240 g/mol. The molecular formula is C15H20N2O2. The minimum atomic E-state index is -0.0335. The highest BCUT2D eigenvalue weighted by Crippen LogP contribution is 2.18. The third kappa shape index (κ3) is 4.09. The van der Waals surface area contributed by atoms with Gasteiger partial charge in [0.25, 0.3) is 0 Å². The monoisotopic (exact) mass is 260 g/mol. The summed E-state index contributed by atoms with van der Waals surface area (Å²) in [6.45, 7) is 0. The van der Waals surface area contributed by atoms with Gasteiger partial charge in [0.1, 0.15) is 0 Å². The first kappa shape index (κ1) is 13.6. The summed E-state index contributed by atoms with van der Waals surface area (Å²) in [4.78, 5) is 23.6. The molecule has 0 bridgehead atoms. The number of carbonyl (C=O) groups is 2. The highest BCUT2D eigenvalue weighted by atomic mass is 16.2. The lowest BCUT2D eigenvalue weighted by molar-refractivity contribution is -0.121. The van der Waals surface area contributed by atoms with Crippen molar-refractivity contribution in [2.75, 3.05) is 5.73 Å². The lowest BCUT2D eigenvalue weighted by Gasteiger charge is -2.11. The Hall–Kier alpha value is -1.84. The number of ketones is 1. The van der Waals surface area contributed by atoms with Gasteiger partial charge < -0.3 is 11.1 Å². The maximum absolute atomic E-state index is 11.9. The third-order valence-corrected chi connectivity index (χ3v) is 3.51. The molecule has 0 unspecified atom stereocenters. The van der Waals surface area contributed by atoms with Crippen LogP contribution in [0.15, 0.2) is 24.3 Å². The molecule has 1 aliphatic rings. The largest absolute Gasteiger partial charge is 0.399 e. The van der Waals surface area contributed by atoms with Gasteiger partial charge in [-0.25, -0.2) is 0 Å². The zero-order valence-electron chi connectivity index (χ0n) is 11.0. The van der Waals surface area contributed by atoms with E-state index in [4.69, 9.17) is 5.73 Å². The zero-order chi connectivity index (χ0) is 13.7. The van der Waals surface area contributed by atoms with Crippen molar-refractivity contribution in [1.82, 2.24) is 5.32 Å². The van der Waals surface area contributed by atoms with E-state index in [1.54, 1.807) is 24.3 Å². The Bertz CT molecular complexity index is 465. The normalized spacial score (nSPS) is 15.4. The van der Waals surface area contributed by atoms with Gasteiger partial charge in [-0.15, -0.1) is 0 Å². The number of nitrogens with two attached hydrogens (primary N) is 1. The number of Topliss-reactive ketones (excluding diaryl/α,β-unsaturated/α-hetero) is 1. The van der Waals surface area contributed by atoms with Gasteiger partial charge >= 0.3 is 0 Å². The van der Waals surface area contributed by atoms with Crippen LogP contribution < -0.4 is 11.1 Å². The van der Waals surface area contributed by atoms with Crippen molar-refractivity contribution in [3.05, 3.63) is 29.8 Å². The first-order valence-electron chi connectivity index (χ1n) is 6.83. The first-order valence-corrected chi connectivity index (χ1v) is 6.83. The lowest BCUT2D eigenvalue weighted by atomic mass is 10.1. The van der Waals surface area contributed by atoms with E-state index in [9.17, 15) is 9.59 Å². The first-order chi connectivity index (χ1) is 9.15. The molecule has 1 aromatic rings. The van der Waals surface area contributed by atoms with Gasteiger partial charge in [0.2, 0.25) is 5.91 Å². The number of amides is 1. The van der Waals surface area contributed by atoms with E-state index in [0.29, 0.717) is 17.3 Å². The molecule has 0 atom stereocenters. The van der Waals surface area contributed by atoms with Gasteiger partial charge in [-0.3, -0.25) is 9.59 Å². The predicted octanol–water partition coefficient (Wildman–Crippen LogP) is 2.29. The quantitative estimate of drug-likeness (QED) is 0.630. The van der Waals surface area contributed by atoms with Crippen LogP contribution in [-0.2, 0) is 4.79 Å². The molecule has 4 heteroatoms. The van der Waals surface area contributed by atoms with E-state index in [1.165, 1.54) is 12.8 Å². The van der Waals surface area contributed by atoms with Crippen molar-refractivity contribution in [3.8, 4) is 0 Å². The van der Waals surface area contributed by atoms with Crippen LogP contribution in [0, 0.1) is 0 Å². The second-order valence-corrected chi connectivity index (χ2v) is 5.10. The van der Waals surface area contributed by atoms with E-state index >= 15 is 0 Å². The maximum Gasteiger partial charge on any atom is 0.220 e. The Morgan fingerprint density at radius 2 is 1.95 bits per heavy atom.